The van der Waals surface area contributed by atoms with E-state index < -0.39 is 0 Å². The molecule has 0 aliphatic rings. The Hall–Kier alpha value is -2.90. The summed E-state index contributed by atoms with van der Waals surface area (Å²) in [6.45, 7) is 0. The number of hydrogen-bond donors (Lipinski definition) is 1. The Balaban J connectivity index is 1.82. The van der Waals surface area contributed by atoms with Gasteiger partial charge in [0.15, 0.2) is 0 Å². The monoisotopic (exact) mass is 240 g/mol. The highest BCUT2D eigenvalue weighted by Gasteiger charge is 2.02. The van der Waals surface area contributed by atoms with Crippen LogP contribution in [0.3, 0.4) is 0 Å². The predicted octanol–water partition coefficient (Wildman–Crippen LogP) is 0.481. The third kappa shape index (κ3) is 2.12. The molecule has 8 nitrogen and oxygen atoms in total. The van der Waals surface area contributed by atoms with E-state index in [1.54, 1.807) is 41.6 Å². The lowest BCUT2D eigenvalue weighted by Crippen LogP contribution is -1.85. The molecule has 0 aliphatic heterocycles. The molecule has 88 valence electrons. The Morgan fingerprint density at radius 2 is 2.28 bits per heavy atom. The van der Waals surface area contributed by atoms with Crippen molar-refractivity contribution in [1.29, 1.82) is 0 Å². The highest BCUT2D eigenvalue weighted by molar-refractivity contribution is 5.58. The summed E-state index contributed by atoms with van der Waals surface area (Å²) in [4.78, 5) is 7.94. The molecule has 0 aliphatic carbocycles. The van der Waals surface area contributed by atoms with E-state index in [2.05, 4.69) is 35.7 Å². The molecule has 8 heteroatoms. The quantitative estimate of drug-likeness (QED) is 0.715. The van der Waals surface area contributed by atoms with Gasteiger partial charge in [0, 0.05) is 12.4 Å². The van der Waals surface area contributed by atoms with Gasteiger partial charge in [-0.25, -0.2) is 14.6 Å². The van der Waals surface area contributed by atoms with Crippen LogP contribution in [0.15, 0.2) is 31.0 Å². The molecular weight excluding hydrogens is 232 g/mol. The van der Waals surface area contributed by atoms with Gasteiger partial charge in [0.2, 0.25) is 0 Å². The number of rotatable bonds is 3. The summed E-state index contributed by atoms with van der Waals surface area (Å²) in [6, 6.07) is 1.77. The third-order valence-electron chi connectivity index (χ3n) is 2.19. The maximum absolute atomic E-state index is 4.09. The van der Waals surface area contributed by atoms with Crippen LogP contribution in [0.1, 0.15) is 5.69 Å². The molecule has 0 amide bonds. The molecule has 0 saturated heterocycles. The molecule has 3 aromatic heterocycles. The highest BCUT2D eigenvalue weighted by Crippen LogP contribution is 2.11. The van der Waals surface area contributed by atoms with Gasteiger partial charge in [0.25, 0.3) is 0 Å². The maximum atomic E-state index is 4.09. The molecule has 0 radical (unpaired) electrons. The van der Waals surface area contributed by atoms with E-state index in [9.17, 15) is 0 Å². The average molecular weight is 240 g/mol. The smallest absolute Gasteiger partial charge is 0.131 e. The number of aromatic amines is 1. The van der Waals surface area contributed by atoms with Crippen molar-refractivity contribution in [3.05, 3.63) is 36.7 Å². The van der Waals surface area contributed by atoms with Crippen molar-refractivity contribution < 1.29 is 0 Å². The van der Waals surface area contributed by atoms with E-state index in [1.807, 2.05) is 0 Å². The lowest BCUT2D eigenvalue weighted by Gasteiger charge is -1.90. The Labute approximate surface area is 101 Å². The summed E-state index contributed by atoms with van der Waals surface area (Å²) >= 11 is 0. The van der Waals surface area contributed by atoms with Gasteiger partial charge in [-0.2, -0.15) is 15.4 Å². The summed E-state index contributed by atoms with van der Waals surface area (Å²) in [7, 11) is 0. The van der Waals surface area contributed by atoms with Gasteiger partial charge in [-0.15, -0.1) is 5.10 Å². The van der Waals surface area contributed by atoms with Crippen molar-refractivity contribution >= 4 is 12.3 Å². The van der Waals surface area contributed by atoms with Crippen LogP contribution in [0.4, 0.5) is 0 Å². The standard InChI is InChI=1S/C10H8N8/c1-3-11-7-12-9(1)10-6-18(17-15-10)4-2-8-5-13-16-14-8/h1-7H,(H,13,14,16)/b4-2+. The van der Waals surface area contributed by atoms with Crippen LogP contribution < -0.4 is 0 Å². The molecule has 18 heavy (non-hydrogen) atoms. The van der Waals surface area contributed by atoms with Crippen molar-refractivity contribution in [1.82, 2.24) is 40.4 Å². The van der Waals surface area contributed by atoms with Crippen molar-refractivity contribution in [3.63, 3.8) is 0 Å². The highest BCUT2D eigenvalue weighted by atomic mass is 15.4. The maximum Gasteiger partial charge on any atom is 0.131 e. The second-order valence-electron chi connectivity index (χ2n) is 3.39. The Bertz CT molecular complexity index is 640. The van der Waals surface area contributed by atoms with E-state index in [1.165, 1.54) is 6.33 Å². The zero-order valence-corrected chi connectivity index (χ0v) is 9.17. The minimum Gasteiger partial charge on any atom is -0.245 e. The lowest BCUT2D eigenvalue weighted by atomic mass is 10.3. The van der Waals surface area contributed by atoms with Gasteiger partial charge < -0.3 is 0 Å². The van der Waals surface area contributed by atoms with Crippen LogP contribution in [-0.4, -0.2) is 40.4 Å². The van der Waals surface area contributed by atoms with Crippen LogP contribution in [0, 0.1) is 0 Å². The SMILES string of the molecule is C(=C\n1cc(-c2ccncn2)nn1)/c1cn[nH]n1. The normalized spacial score (nSPS) is 11.1. The summed E-state index contributed by atoms with van der Waals surface area (Å²) in [5, 5.41) is 18.1. The van der Waals surface area contributed by atoms with Crippen LogP contribution in [0.25, 0.3) is 23.7 Å². The van der Waals surface area contributed by atoms with Gasteiger partial charge in [0.1, 0.15) is 17.7 Å². The molecule has 0 fully saturated rings. The molecule has 3 rings (SSSR count). The summed E-state index contributed by atoms with van der Waals surface area (Å²) in [5.41, 5.74) is 2.13. The summed E-state index contributed by atoms with van der Waals surface area (Å²) in [6.07, 6.45) is 10.0. The first-order valence-electron chi connectivity index (χ1n) is 5.14. The van der Waals surface area contributed by atoms with E-state index in [4.69, 9.17) is 0 Å². The van der Waals surface area contributed by atoms with E-state index in [-0.39, 0.29) is 0 Å². The number of aromatic nitrogens is 8. The number of hydrogen-bond acceptors (Lipinski definition) is 6. The Morgan fingerprint density at radius 3 is 3.06 bits per heavy atom. The number of nitrogens with one attached hydrogen (secondary N) is 1. The minimum atomic E-state index is 0.683. The van der Waals surface area contributed by atoms with Gasteiger partial charge in [-0.05, 0) is 12.1 Å². The Morgan fingerprint density at radius 1 is 1.28 bits per heavy atom. The fraction of sp³-hybridized carbons (Fsp3) is 0. The molecule has 0 aromatic carbocycles. The fourth-order valence-electron chi connectivity index (χ4n) is 1.35. The van der Waals surface area contributed by atoms with Gasteiger partial charge >= 0.3 is 0 Å². The van der Waals surface area contributed by atoms with Crippen molar-refractivity contribution in [2.75, 3.05) is 0 Å². The van der Waals surface area contributed by atoms with Crippen LogP contribution in [-0.2, 0) is 0 Å². The summed E-state index contributed by atoms with van der Waals surface area (Å²) in [5.74, 6) is 0. The van der Waals surface area contributed by atoms with Gasteiger partial charge in [-0.3, -0.25) is 0 Å². The molecule has 1 N–H and O–H groups in total. The topological polar surface area (TPSA) is 98.1 Å². The van der Waals surface area contributed by atoms with Crippen LogP contribution in [0.2, 0.25) is 0 Å². The average Bonchev–Trinajstić information content (AvgIpc) is 3.09. The second-order valence-corrected chi connectivity index (χ2v) is 3.39. The molecule has 3 heterocycles. The van der Waals surface area contributed by atoms with Crippen molar-refractivity contribution in [3.8, 4) is 11.4 Å². The molecule has 0 bridgehead atoms. The Kier molecular flexibility index (Phi) is 2.59. The van der Waals surface area contributed by atoms with Gasteiger partial charge in [0.05, 0.1) is 18.1 Å². The largest absolute Gasteiger partial charge is 0.245 e. The first-order chi connectivity index (χ1) is 8.92. The van der Waals surface area contributed by atoms with E-state index in [0.29, 0.717) is 11.4 Å². The zero-order valence-electron chi connectivity index (χ0n) is 9.17. The minimum absolute atomic E-state index is 0.683. The van der Waals surface area contributed by atoms with Gasteiger partial charge in [-0.1, -0.05) is 5.21 Å². The first-order valence-corrected chi connectivity index (χ1v) is 5.14. The van der Waals surface area contributed by atoms with Crippen LogP contribution in [0.5, 0.6) is 0 Å². The molecule has 0 saturated carbocycles. The number of nitrogens with zero attached hydrogens (tertiary/aromatic N) is 7. The van der Waals surface area contributed by atoms with E-state index in [0.717, 1.165) is 5.69 Å². The zero-order chi connectivity index (χ0) is 12.2. The predicted molar refractivity (Wildman–Crippen MR) is 62.7 cm³/mol. The first kappa shape index (κ1) is 10.3. The molecule has 0 spiro atoms. The number of H-pyrrole nitrogens is 1. The molecule has 0 atom stereocenters. The van der Waals surface area contributed by atoms with E-state index >= 15 is 0 Å². The second kappa shape index (κ2) is 4.53. The van der Waals surface area contributed by atoms with Crippen molar-refractivity contribution in [2.45, 2.75) is 0 Å². The lowest BCUT2D eigenvalue weighted by molar-refractivity contribution is 0.842. The van der Waals surface area contributed by atoms with Crippen molar-refractivity contribution in [2.24, 2.45) is 0 Å². The summed E-state index contributed by atoms with van der Waals surface area (Å²) < 4.78 is 1.58. The molecular formula is C10H8N8. The van der Waals surface area contributed by atoms with Crippen LogP contribution >= 0.6 is 0 Å². The fourth-order valence-corrected chi connectivity index (χ4v) is 1.35. The molecule has 3 aromatic rings. The molecule has 0 unspecified atom stereocenters. The third-order valence-corrected chi connectivity index (χ3v) is 2.19.